The molecule has 0 aliphatic carbocycles. The summed E-state index contributed by atoms with van der Waals surface area (Å²) in [6, 6.07) is 24.3. The van der Waals surface area contributed by atoms with Gasteiger partial charge in [0.15, 0.2) is 12.2 Å². The summed E-state index contributed by atoms with van der Waals surface area (Å²) in [7, 11) is 0. The van der Waals surface area contributed by atoms with Gasteiger partial charge >= 0.3 is 0 Å². The third kappa shape index (κ3) is 6.99. The molecule has 1 heteroatoms. The molecule has 3 aromatic rings. The Kier molecular flexibility index (Phi) is 9.23. The molecule has 0 spiro atoms. The molecule has 0 aliphatic heterocycles. The SMILES string of the molecule is CCCCCCCCCCCCc1ccc2ccccc2[n+]1Cc1ccccc1. The van der Waals surface area contributed by atoms with E-state index in [0.717, 1.165) is 6.54 Å². The second-order valence-electron chi connectivity index (χ2n) is 8.39. The van der Waals surface area contributed by atoms with Crippen LogP contribution in [0.25, 0.3) is 10.9 Å². The van der Waals surface area contributed by atoms with E-state index in [-0.39, 0.29) is 0 Å². The number of pyridine rings is 1. The zero-order valence-electron chi connectivity index (χ0n) is 18.3. The number of aryl methyl sites for hydroxylation is 1. The van der Waals surface area contributed by atoms with Gasteiger partial charge in [0.25, 0.3) is 0 Å². The monoisotopic (exact) mass is 388 g/mol. The first-order valence-electron chi connectivity index (χ1n) is 11.8. The standard InChI is InChI=1S/C28H38N/c1-2-3-4-5-6-7-8-9-10-14-20-27-23-22-26-19-15-16-21-28(26)29(27)24-25-17-12-11-13-18-25/h11-13,15-19,21-23H,2-10,14,20,24H2,1H3/q+1. The lowest BCUT2D eigenvalue weighted by atomic mass is 10.0. The fraction of sp³-hybridized carbons (Fsp3) is 0.464. The Labute approximate surface area is 177 Å². The Morgan fingerprint density at radius 3 is 1.93 bits per heavy atom. The third-order valence-electron chi connectivity index (χ3n) is 6.00. The molecule has 0 N–H and O–H groups in total. The Hall–Kier alpha value is -2.15. The number of benzene rings is 2. The van der Waals surface area contributed by atoms with Gasteiger partial charge in [0, 0.05) is 29.5 Å². The van der Waals surface area contributed by atoms with Crippen LogP contribution in [0.1, 0.15) is 82.4 Å². The number of hydrogen-bond donors (Lipinski definition) is 0. The van der Waals surface area contributed by atoms with Crippen molar-refractivity contribution in [1.82, 2.24) is 0 Å². The summed E-state index contributed by atoms with van der Waals surface area (Å²) in [5, 5.41) is 1.33. The highest BCUT2D eigenvalue weighted by Gasteiger charge is 2.15. The highest BCUT2D eigenvalue weighted by atomic mass is 15.0. The molecule has 0 saturated carbocycles. The summed E-state index contributed by atoms with van der Waals surface area (Å²) in [5.41, 5.74) is 4.19. The van der Waals surface area contributed by atoms with Gasteiger partial charge in [-0.05, 0) is 18.6 Å². The van der Waals surface area contributed by atoms with Crippen LogP contribution in [0, 0.1) is 0 Å². The molecule has 0 saturated heterocycles. The minimum atomic E-state index is 0.954. The second kappa shape index (κ2) is 12.4. The number of hydrogen-bond acceptors (Lipinski definition) is 0. The number of aromatic nitrogens is 1. The van der Waals surface area contributed by atoms with Crippen molar-refractivity contribution in [1.29, 1.82) is 0 Å². The lowest BCUT2D eigenvalue weighted by Crippen LogP contribution is -2.39. The van der Waals surface area contributed by atoms with Gasteiger partial charge in [-0.1, -0.05) is 107 Å². The van der Waals surface area contributed by atoms with E-state index >= 15 is 0 Å². The largest absolute Gasteiger partial charge is 0.212 e. The van der Waals surface area contributed by atoms with Gasteiger partial charge in [0.05, 0.1) is 0 Å². The van der Waals surface area contributed by atoms with Crippen molar-refractivity contribution in [2.45, 2.75) is 84.1 Å². The highest BCUT2D eigenvalue weighted by Crippen LogP contribution is 2.15. The highest BCUT2D eigenvalue weighted by molar-refractivity contribution is 5.75. The molecule has 0 bridgehead atoms. The van der Waals surface area contributed by atoms with Crippen LogP contribution in [-0.4, -0.2) is 0 Å². The van der Waals surface area contributed by atoms with Crippen molar-refractivity contribution < 1.29 is 4.57 Å². The van der Waals surface area contributed by atoms with Gasteiger partial charge in [-0.3, -0.25) is 0 Å². The quantitative estimate of drug-likeness (QED) is 0.209. The maximum atomic E-state index is 2.53. The molecule has 0 amide bonds. The normalized spacial score (nSPS) is 11.2. The number of nitrogens with zero attached hydrogens (tertiary/aromatic N) is 1. The average Bonchev–Trinajstić information content (AvgIpc) is 2.77. The molecule has 3 rings (SSSR count). The van der Waals surface area contributed by atoms with E-state index in [4.69, 9.17) is 0 Å². The van der Waals surface area contributed by atoms with Crippen LogP contribution in [0.5, 0.6) is 0 Å². The molecule has 0 aliphatic rings. The van der Waals surface area contributed by atoms with Crippen LogP contribution in [0.2, 0.25) is 0 Å². The fourth-order valence-corrected chi connectivity index (χ4v) is 4.27. The summed E-state index contributed by atoms with van der Waals surface area (Å²) in [6.07, 6.45) is 15.1. The van der Waals surface area contributed by atoms with Gasteiger partial charge in [0.2, 0.25) is 5.52 Å². The number of unbranched alkanes of at least 4 members (excludes halogenated alkanes) is 9. The van der Waals surface area contributed by atoms with E-state index in [1.54, 1.807) is 0 Å². The molecule has 0 atom stereocenters. The Morgan fingerprint density at radius 2 is 1.21 bits per heavy atom. The molecular formula is C28H38N+. The average molecular weight is 389 g/mol. The summed E-state index contributed by atoms with van der Waals surface area (Å²) in [6.45, 7) is 3.24. The van der Waals surface area contributed by atoms with Crippen LogP contribution in [-0.2, 0) is 13.0 Å². The Balaban J connectivity index is 1.53. The molecule has 1 aromatic heterocycles. The van der Waals surface area contributed by atoms with Crippen molar-refractivity contribution in [3.63, 3.8) is 0 Å². The summed E-state index contributed by atoms with van der Waals surface area (Å²) in [4.78, 5) is 0. The second-order valence-corrected chi connectivity index (χ2v) is 8.39. The predicted molar refractivity (Wildman–Crippen MR) is 125 cm³/mol. The molecule has 1 heterocycles. The van der Waals surface area contributed by atoms with Crippen molar-refractivity contribution in [3.05, 3.63) is 78.0 Å². The zero-order valence-corrected chi connectivity index (χ0v) is 18.3. The van der Waals surface area contributed by atoms with Crippen LogP contribution < -0.4 is 4.57 Å². The van der Waals surface area contributed by atoms with Gasteiger partial charge in [-0.2, -0.15) is 4.57 Å². The topological polar surface area (TPSA) is 3.88 Å². The number of fused-ring (bicyclic) bond motifs is 1. The van der Waals surface area contributed by atoms with Gasteiger partial charge in [0.1, 0.15) is 0 Å². The lowest BCUT2D eigenvalue weighted by molar-refractivity contribution is -0.670. The van der Waals surface area contributed by atoms with Crippen LogP contribution in [0.4, 0.5) is 0 Å². The molecule has 1 nitrogen and oxygen atoms in total. The van der Waals surface area contributed by atoms with Crippen LogP contribution in [0.15, 0.2) is 66.7 Å². The van der Waals surface area contributed by atoms with Crippen LogP contribution >= 0.6 is 0 Å². The minimum Gasteiger partial charge on any atom is -0.191 e. The number of para-hydroxylation sites is 1. The Bertz CT molecular complexity index is 837. The van der Waals surface area contributed by atoms with E-state index in [1.165, 1.54) is 92.8 Å². The summed E-state index contributed by atoms with van der Waals surface area (Å²) < 4.78 is 2.53. The maximum Gasteiger partial charge on any atom is 0.212 e. The smallest absolute Gasteiger partial charge is 0.191 e. The molecule has 154 valence electrons. The molecular weight excluding hydrogens is 350 g/mol. The minimum absolute atomic E-state index is 0.954. The summed E-state index contributed by atoms with van der Waals surface area (Å²) in [5.74, 6) is 0. The molecule has 2 aromatic carbocycles. The van der Waals surface area contributed by atoms with Crippen molar-refractivity contribution in [2.24, 2.45) is 0 Å². The van der Waals surface area contributed by atoms with Crippen molar-refractivity contribution in [3.8, 4) is 0 Å². The first kappa shape index (κ1) is 21.6. The van der Waals surface area contributed by atoms with Gasteiger partial charge in [-0.15, -0.1) is 0 Å². The lowest BCUT2D eigenvalue weighted by Gasteiger charge is -2.08. The van der Waals surface area contributed by atoms with Crippen molar-refractivity contribution in [2.75, 3.05) is 0 Å². The maximum absolute atomic E-state index is 2.53. The first-order chi connectivity index (χ1) is 14.4. The van der Waals surface area contributed by atoms with Crippen molar-refractivity contribution >= 4 is 10.9 Å². The fourth-order valence-electron chi connectivity index (χ4n) is 4.27. The zero-order chi connectivity index (χ0) is 20.2. The molecule has 0 unspecified atom stereocenters. The first-order valence-corrected chi connectivity index (χ1v) is 11.8. The van der Waals surface area contributed by atoms with E-state index < -0.39 is 0 Å². The van der Waals surface area contributed by atoms with E-state index in [2.05, 4.69) is 78.2 Å². The Morgan fingerprint density at radius 1 is 0.586 bits per heavy atom. The third-order valence-corrected chi connectivity index (χ3v) is 6.00. The van der Waals surface area contributed by atoms with E-state index in [9.17, 15) is 0 Å². The molecule has 0 fully saturated rings. The van der Waals surface area contributed by atoms with E-state index in [0.29, 0.717) is 0 Å². The predicted octanol–water partition coefficient (Wildman–Crippen LogP) is 7.64. The van der Waals surface area contributed by atoms with Crippen LogP contribution in [0.3, 0.4) is 0 Å². The van der Waals surface area contributed by atoms with E-state index in [1.807, 2.05) is 0 Å². The van der Waals surface area contributed by atoms with Gasteiger partial charge < -0.3 is 0 Å². The molecule has 0 radical (unpaired) electrons. The molecule has 29 heavy (non-hydrogen) atoms. The summed E-state index contributed by atoms with van der Waals surface area (Å²) >= 11 is 0. The van der Waals surface area contributed by atoms with Gasteiger partial charge in [-0.25, -0.2) is 0 Å². The number of rotatable bonds is 13.